The van der Waals surface area contributed by atoms with Crippen molar-refractivity contribution in [2.24, 2.45) is 0 Å². The third-order valence-corrected chi connectivity index (χ3v) is 1.63. The molecule has 0 saturated carbocycles. The van der Waals surface area contributed by atoms with Crippen LogP contribution in [0, 0.1) is 0 Å². The second-order valence-corrected chi connectivity index (χ2v) is 2.76. The molecule has 1 saturated heterocycles. The molecule has 1 N–H and O–H groups in total. The highest BCUT2D eigenvalue weighted by Gasteiger charge is 2.27. The van der Waals surface area contributed by atoms with Gasteiger partial charge in [0.15, 0.2) is 0 Å². The van der Waals surface area contributed by atoms with Crippen LogP contribution in [-0.2, 0) is 14.3 Å². The third kappa shape index (κ3) is 1.84. The Morgan fingerprint density at radius 2 is 2.42 bits per heavy atom. The molecule has 4 nitrogen and oxygen atoms in total. The van der Waals surface area contributed by atoms with Gasteiger partial charge in [-0.1, -0.05) is 6.58 Å². The Hall–Kier alpha value is -1.32. The molecule has 0 aromatic rings. The Kier molecular flexibility index (Phi) is 2.47. The molecule has 1 heterocycles. The largest absolute Gasteiger partial charge is 0.464 e. The molecule has 1 atom stereocenters. The summed E-state index contributed by atoms with van der Waals surface area (Å²) in [6.45, 7) is 5.44. The molecule has 1 fully saturated rings. The fourth-order valence-corrected chi connectivity index (χ4v) is 0.908. The molecule has 66 valence electrons. The van der Waals surface area contributed by atoms with Gasteiger partial charge < -0.3 is 10.1 Å². The molecule has 1 rings (SSSR count). The van der Waals surface area contributed by atoms with Gasteiger partial charge in [-0.3, -0.25) is 4.79 Å². The fourth-order valence-electron chi connectivity index (χ4n) is 0.908. The average molecular weight is 169 g/mol. The Labute approximate surface area is 70.6 Å². The quantitative estimate of drug-likeness (QED) is 0.467. The normalized spacial score (nSPS) is 21.8. The van der Waals surface area contributed by atoms with Gasteiger partial charge in [-0.05, 0) is 6.92 Å². The fraction of sp³-hybridized carbons (Fsp3) is 0.500. The van der Waals surface area contributed by atoms with E-state index in [1.165, 1.54) is 0 Å². The van der Waals surface area contributed by atoms with Crippen molar-refractivity contribution in [1.29, 1.82) is 0 Å². The zero-order chi connectivity index (χ0) is 9.14. The number of carbonyl (C=O) groups is 2. The number of ether oxygens (including phenoxy) is 1. The van der Waals surface area contributed by atoms with Gasteiger partial charge in [-0.15, -0.1) is 0 Å². The summed E-state index contributed by atoms with van der Waals surface area (Å²) in [5, 5.41) is 2.52. The molecule has 0 radical (unpaired) electrons. The lowest BCUT2D eigenvalue weighted by molar-refractivity contribution is -0.141. The van der Waals surface area contributed by atoms with Crippen molar-refractivity contribution in [3.8, 4) is 0 Å². The summed E-state index contributed by atoms with van der Waals surface area (Å²) in [5.41, 5.74) is 0.398. The number of cyclic esters (lactones) is 1. The van der Waals surface area contributed by atoms with Gasteiger partial charge in [0.2, 0.25) is 5.91 Å². The number of hydrogen-bond acceptors (Lipinski definition) is 3. The average Bonchev–Trinajstić information content (AvgIpc) is 2.36. The maximum absolute atomic E-state index is 11.0. The van der Waals surface area contributed by atoms with Crippen molar-refractivity contribution in [3.05, 3.63) is 12.2 Å². The zero-order valence-corrected chi connectivity index (χ0v) is 6.92. The second-order valence-electron chi connectivity index (χ2n) is 2.76. The molecule has 1 amide bonds. The van der Waals surface area contributed by atoms with E-state index in [0.29, 0.717) is 18.6 Å². The summed E-state index contributed by atoms with van der Waals surface area (Å²) >= 11 is 0. The lowest BCUT2D eigenvalue weighted by Gasteiger charge is -2.07. The summed E-state index contributed by atoms with van der Waals surface area (Å²) in [7, 11) is 0. The second kappa shape index (κ2) is 3.38. The van der Waals surface area contributed by atoms with Crippen LogP contribution < -0.4 is 5.32 Å². The summed E-state index contributed by atoms with van der Waals surface area (Å²) in [6.07, 6.45) is 0.553. The maximum Gasteiger partial charge on any atom is 0.328 e. The molecule has 0 spiro atoms. The van der Waals surface area contributed by atoms with E-state index < -0.39 is 6.04 Å². The standard InChI is InChI=1S/C8H11NO3/c1-5(2)7(10)9-6-3-4-12-8(6)11/h6H,1,3-4H2,2H3,(H,9,10). The first-order chi connectivity index (χ1) is 5.61. The smallest absolute Gasteiger partial charge is 0.328 e. The number of rotatable bonds is 2. The molecule has 0 aromatic heterocycles. The first-order valence-corrected chi connectivity index (χ1v) is 3.74. The molecular formula is C8H11NO3. The highest BCUT2D eigenvalue weighted by atomic mass is 16.5. The Balaban J connectivity index is 2.46. The zero-order valence-electron chi connectivity index (χ0n) is 6.92. The van der Waals surface area contributed by atoms with E-state index in [4.69, 9.17) is 0 Å². The van der Waals surface area contributed by atoms with Crippen molar-refractivity contribution in [2.45, 2.75) is 19.4 Å². The molecule has 0 aliphatic carbocycles. The third-order valence-electron chi connectivity index (χ3n) is 1.63. The van der Waals surface area contributed by atoms with Crippen molar-refractivity contribution in [3.63, 3.8) is 0 Å². The Bertz CT molecular complexity index is 234. The molecular weight excluding hydrogens is 158 g/mol. The van der Waals surface area contributed by atoms with Gasteiger partial charge in [0.1, 0.15) is 6.04 Å². The van der Waals surface area contributed by atoms with Crippen LogP contribution in [0.15, 0.2) is 12.2 Å². The number of esters is 1. The molecule has 1 aliphatic rings. The molecule has 0 bridgehead atoms. The topological polar surface area (TPSA) is 55.4 Å². The Morgan fingerprint density at radius 3 is 2.83 bits per heavy atom. The van der Waals surface area contributed by atoms with Crippen LogP contribution in [-0.4, -0.2) is 24.5 Å². The number of carbonyl (C=O) groups excluding carboxylic acids is 2. The van der Waals surface area contributed by atoms with E-state index >= 15 is 0 Å². The SMILES string of the molecule is C=C(C)C(=O)NC1CCOC1=O. The Morgan fingerprint density at radius 1 is 1.75 bits per heavy atom. The summed E-state index contributed by atoms with van der Waals surface area (Å²) < 4.78 is 4.66. The van der Waals surface area contributed by atoms with Crippen LogP contribution in [0.4, 0.5) is 0 Å². The molecule has 1 unspecified atom stereocenters. The summed E-state index contributed by atoms with van der Waals surface area (Å²) in [6, 6.07) is -0.478. The lowest BCUT2D eigenvalue weighted by Crippen LogP contribution is -2.38. The van der Waals surface area contributed by atoms with Gasteiger partial charge in [0.25, 0.3) is 0 Å². The van der Waals surface area contributed by atoms with Crippen molar-refractivity contribution >= 4 is 11.9 Å². The number of hydrogen-bond donors (Lipinski definition) is 1. The predicted molar refractivity (Wildman–Crippen MR) is 42.3 cm³/mol. The van der Waals surface area contributed by atoms with E-state index in [-0.39, 0.29) is 11.9 Å². The van der Waals surface area contributed by atoms with Crippen molar-refractivity contribution < 1.29 is 14.3 Å². The van der Waals surface area contributed by atoms with E-state index in [1.54, 1.807) is 6.92 Å². The van der Waals surface area contributed by atoms with E-state index in [0.717, 1.165) is 0 Å². The minimum absolute atomic E-state index is 0.293. The first kappa shape index (κ1) is 8.77. The van der Waals surface area contributed by atoms with Crippen LogP contribution in [0.1, 0.15) is 13.3 Å². The van der Waals surface area contributed by atoms with E-state index in [1.807, 2.05) is 0 Å². The minimum Gasteiger partial charge on any atom is -0.464 e. The van der Waals surface area contributed by atoms with Gasteiger partial charge in [0.05, 0.1) is 6.61 Å². The molecule has 4 heteroatoms. The number of nitrogens with one attached hydrogen (secondary N) is 1. The number of amides is 1. The van der Waals surface area contributed by atoms with Gasteiger partial charge in [-0.25, -0.2) is 4.79 Å². The monoisotopic (exact) mass is 169 g/mol. The van der Waals surface area contributed by atoms with Crippen LogP contribution >= 0.6 is 0 Å². The van der Waals surface area contributed by atoms with Crippen molar-refractivity contribution in [1.82, 2.24) is 5.32 Å². The molecule has 12 heavy (non-hydrogen) atoms. The van der Waals surface area contributed by atoms with Crippen molar-refractivity contribution in [2.75, 3.05) is 6.61 Å². The van der Waals surface area contributed by atoms with E-state index in [2.05, 4.69) is 16.6 Å². The van der Waals surface area contributed by atoms with E-state index in [9.17, 15) is 9.59 Å². The van der Waals surface area contributed by atoms with Crippen LogP contribution in [0.25, 0.3) is 0 Å². The lowest BCUT2D eigenvalue weighted by atomic mass is 10.2. The van der Waals surface area contributed by atoms with Gasteiger partial charge >= 0.3 is 5.97 Å². The minimum atomic E-state index is -0.478. The van der Waals surface area contributed by atoms with Gasteiger partial charge in [-0.2, -0.15) is 0 Å². The molecule has 1 aliphatic heterocycles. The highest BCUT2D eigenvalue weighted by molar-refractivity contribution is 5.95. The summed E-state index contributed by atoms with van der Waals surface area (Å²) in [4.78, 5) is 21.9. The summed E-state index contributed by atoms with van der Waals surface area (Å²) in [5.74, 6) is -0.650. The highest BCUT2D eigenvalue weighted by Crippen LogP contribution is 2.05. The molecule has 0 aromatic carbocycles. The first-order valence-electron chi connectivity index (χ1n) is 3.74. The van der Waals surface area contributed by atoms with Crippen LogP contribution in [0.3, 0.4) is 0 Å². The van der Waals surface area contributed by atoms with Gasteiger partial charge in [0, 0.05) is 12.0 Å². The maximum atomic E-state index is 11.0. The van der Waals surface area contributed by atoms with Crippen LogP contribution in [0.2, 0.25) is 0 Å². The predicted octanol–water partition coefficient (Wildman–Crippen LogP) is -0.00580. The van der Waals surface area contributed by atoms with Crippen LogP contribution in [0.5, 0.6) is 0 Å².